The molecule has 0 fully saturated rings. The number of rotatable bonds is 7. The number of hydrogen-bond donors (Lipinski definition) is 0. The van der Waals surface area contributed by atoms with E-state index in [2.05, 4.69) is 15.2 Å². The molecule has 136 valence electrons. The molecule has 9 heteroatoms. The monoisotopic (exact) mass is 392 g/mol. The van der Waals surface area contributed by atoms with E-state index in [-0.39, 0.29) is 6.61 Å². The first-order valence-electron chi connectivity index (χ1n) is 7.61. The molecule has 7 nitrogen and oxygen atoms in total. The number of benzene rings is 1. The fourth-order valence-corrected chi connectivity index (χ4v) is 3.33. The van der Waals surface area contributed by atoms with Crippen molar-refractivity contribution < 1.29 is 14.3 Å². The zero-order chi connectivity index (χ0) is 18.5. The normalized spacial score (nSPS) is 11.1. The predicted octanol–water partition coefficient (Wildman–Crippen LogP) is 3.76. The molecule has 2 heterocycles. The van der Waals surface area contributed by atoms with Gasteiger partial charge in [0.2, 0.25) is 0 Å². The predicted molar refractivity (Wildman–Crippen MR) is 101 cm³/mol. The zero-order valence-electron chi connectivity index (χ0n) is 14.5. The van der Waals surface area contributed by atoms with Gasteiger partial charge in [-0.3, -0.25) is 4.68 Å². The molecule has 0 atom stereocenters. The van der Waals surface area contributed by atoms with Gasteiger partial charge in [0.05, 0.1) is 37.3 Å². The van der Waals surface area contributed by atoms with Crippen LogP contribution in [0.1, 0.15) is 11.3 Å². The summed E-state index contributed by atoms with van der Waals surface area (Å²) in [6.45, 7) is 0.272. The van der Waals surface area contributed by atoms with Crippen LogP contribution >= 0.6 is 22.9 Å². The Morgan fingerprint density at radius 2 is 2.15 bits per heavy atom. The lowest BCUT2D eigenvalue weighted by atomic mass is 10.2. The van der Waals surface area contributed by atoms with Gasteiger partial charge in [-0.15, -0.1) is 11.3 Å². The third kappa shape index (κ3) is 4.14. The highest BCUT2D eigenvalue weighted by Gasteiger charge is 2.10. The van der Waals surface area contributed by atoms with E-state index in [1.807, 2.05) is 18.6 Å². The third-order valence-corrected chi connectivity index (χ3v) is 4.67. The fraction of sp³-hybridized carbons (Fsp3) is 0.235. The highest BCUT2D eigenvalue weighted by atomic mass is 35.5. The summed E-state index contributed by atoms with van der Waals surface area (Å²) >= 11 is 7.70. The maximum atomic E-state index is 6.16. The summed E-state index contributed by atoms with van der Waals surface area (Å²) in [7, 11) is 4.96. The molecule has 0 bridgehead atoms. The van der Waals surface area contributed by atoms with Crippen molar-refractivity contribution in [3.63, 3.8) is 0 Å². The lowest BCUT2D eigenvalue weighted by Gasteiger charge is -2.09. The molecule has 26 heavy (non-hydrogen) atoms. The van der Waals surface area contributed by atoms with Crippen LogP contribution in [0.3, 0.4) is 0 Å². The molecular formula is C17H17ClN4O3S. The second-order valence-corrected chi connectivity index (χ2v) is 6.56. The Labute approximate surface area is 159 Å². The average Bonchev–Trinajstić information content (AvgIpc) is 3.27. The van der Waals surface area contributed by atoms with Gasteiger partial charge in [-0.1, -0.05) is 16.8 Å². The van der Waals surface area contributed by atoms with Gasteiger partial charge in [0.25, 0.3) is 0 Å². The van der Waals surface area contributed by atoms with E-state index in [1.165, 1.54) is 18.4 Å². The summed E-state index contributed by atoms with van der Waals surface area (Å²) in [4.78, 5) is 9.84. The third-order valence-electron chi connectivity index (χ3n) is 3.45. The van der Waals surface area contributed by atoms with Crippen LogP contribution in [0.5, 0.6) is 11.5 Å². The molecule has 0 N–H and O–H groups in total. The Bertz CT molecular complexity index is 923. The van der Waals surface area contributed by atoms with Crippen LogP contribution in [-0.2, 0) is 18.5 Å². The number of aromatic nitrogens is 3. The lowest BCUT2D eigenvalue weighted by molar-refractivity contribution is 0.130. The maximum Gasteiger partial charge on any atom is 0.179 e. The molecule has 0 aliphatic heterocycles. The van der Waals surface area contributed by atoms with Crippen LogP contribution < -0.4 is 9.47 Å². The first-order valence-corrected chi connectivity index (χ1v) is 8.86. The Hall–Kier alpha value is -2.58. The smallest absolute Gasteiger partial charge is 0.179 e. The van der Waals surface area contributed by atoms with Gasteiger partial charge < -0.3 is 14.3 Å². The van der Waals surface area contributed by atoms with Crippen LogP contribution in [0.4, 0.5) is 0 Å². The van der Waals surface area contributed by atoms with Crippen molar-refractivity contribution in [1.29, 1.82) is 0 Å². The zero-order valence-corrected chi connectivity index (χ0v) is 16.0. The minimum absolute atomic E-state index is 0.272. The van der Waals surface area contributed by atoms with E-state index in [4.69, 9.17) is 25.9 Å². The first-order chi connectivity index (χ1) is 12.6. The van der Waals surface area contributed by atoms with Crippen LogP contribution in [0.2, 0.25) is 5.02 Å². The quantitative estimate of drug-likeness (QED) is 0.452. The van der Waals surface area contributed by atoms with Crippen LogP contribution in [0.15, 0.2) is 35.1 Å². The second-order valence-electron chi connectivity index (χ2n) is 5.29. The topological polar surface area (TPSA) is 70.8 Å². The Morgan fingerprint density at radius 1 is 1.31 bits per heavy atom. The summed E-state index contributed by atoms with van der Waals surface area (Å²) in [5.41, 5.74) is 2.52. The molecule has 0 saturated heterocycles. The van der Waals surface area contributed by atoms with E-state index in [0.29, 0.717) is 16.5 Å². The summed E-state index contributed by atoms with van der Waals surface area (Å²) in [6, 6.07) is 3.49. The molecule has 0 saturated carbocycles. The number of methoxy groups -OCH3 is 2. The summed E-state index contributed by atoms with van der Waals surface area (Å²) < 4.78 is 12.2. The average molecular weight is 393 g/mol. The minimum Gasteiger partial charge on any atom is -0.493 e. The maximum absolute atomic E-state index is 6.16. The highest BCUT2D eigenvalue weighted by Crippen LogP contribution is 2.35. The first kappa shape index (κ1) is 18.2. The van der Waals surface area contributed by atoms with Crippen molar-refractivity contribution in [3.8, 4) is 22.1 Å². The second kappa shape index (κ2) is 8.20. The molecule has 0 unspecified atom stereocenters. The van der Waals surface area contributed by atoms with Crippen LogP contribution in [0, 0.1) is 0 Å². The van der Waals surface area contributed by atoms with Crippen molar-refractivity contribution in [2.75, 3.05) is 14.2 Å². The molecule has 0 spiro atoms. The molecule has 0 aliphatic rings. The summed E-state index contributed by atoms with van der Waals surface area (Å²) in [5.74, 6) is 1.01. The lowest BCUT2D eigenvalue weighted by Crippen LogP contribution is -1.94. The largest absolute Gasteiger partial charge is 0.493 e. The van der Waals surface area contributed by atoms with E-state index < -0.39 is 0 Å². The van der Waals surface area contributed by atoms with Crippen molar-refractivity contribution >= 4 is 29.2 Å². The summed E-state index contributed by atoms with van der Waals surface area (Å²) in [6.07, 6.45) is 5.26. The van der Waals surface area contributed by atoms with Crippen molar-refractivity contribution in [2.45, 2.75) is 6.61 Å². The molecule has 0 amide bonds. The van der Waals surface area contributed by atoms with Crippen LogP contribution in [0.25, 0.3) is 10.6 Å². The Balaban J connectivity index is 1.61. The van der Waals surface area contributed by atoms with Gasteiger partial charge in [0.1, 0.15) is 5.01 Å². The van der Waals surface area contributed by atoms with Gasteiger partial charge >= 0.3 is 0 Å². The van der Waals surface area contributed by atoms with Gasteiger partial charge in [-0.05, 0) is 12.1 Å². The molecular weight excluding hydrogens is 376 g/mol. The molecule has 2 aromatic heterocycles. The number of halogens is 1. The minimum atomic E-state index is 0.272. The van der Waals surface area contributed by atoms with E-state index >= 15 is 0 Å². The Morgan fingerprint density at radius 3 is 2.85 bits per heavy atom. The molecule has 0 aliphatic carbocycles. The van der Waals surface area contributed by atoms with E-state index in [1.54, 1.807) is 36.3 Å². The SMILES string of the molecule is COc1cc(/C=N/OCc2csc(-c3cnn(C)c3)n2)cc(Cl)c1OC. The van der Waals surface area contributed by atoms with E-state index in [9.17, 15) is 0 Å². The van der Waals surface area contributed by atoms with Gasteiger partial charge in [0.15, 0.2) is 18.1 Å². The van der Waals surface area contributed by atoms with Gasteiger partial charge in [-0.2, -0.15) is 5.10 Å². The number of thiazole rings is 1. The Kier molecular flexibility index (Phi) is 5.75. The van der Waals surface area contributed by atoms with Crippen molar-refractivity contribution in [2.24, 2.45) is 12.2 Å². The number of ether oxygens (including phenoxy) is 2. The van der Waals surface area contributed by atoms with Gasteiger partial charge in [0, 0.05) is 29.8 Å². The fourth-order valence-electron chi connectivity index (χ4n) is 2.25. The summed E-state index contributed by atoms with van der Waals surface area (Å²) in [5, 5.41) is 11.4. The standard InChI is InChI=1S/C17H17ClN4O3S/c1-22-8-12(7-19-22)17-21-13(10-26-17)9-25-20-6-11-4-14(18)16(24-3)15(5-11)23-2/h4-8,10H,9H2,1-3H3/b20-6+. The highest BCUT2D eigenvalue weighted by molar-refractivity contribution is 7.13. The molecule has 3 rings (SSSR count). The molecule has 3 aromatic rings. The number of hydrogen-bond acceptors (Lipinski definition) is 7. The van der Waals surface area contributed by atoms with Crippen molar-refractivity contribution in [1.82, 2.24) is 14.8 Å². The van der Waals surface area contributed by atoms with E-state index in [0.717, 1.165) is 21.8 Å². The molecule has 0 radical (unpaired) electrons. The van der Waals surface area contributed by atoms with Crippen LogP contribution in [-0.4, -0.2) is 35.2 Å². The van der Waals surface area contributed by atoms with Gasteiger partial charge in [-0.25, -0.2) is 4.98 Å². The number of nitrogens with zero attached hydrogens (tertiary/aromatic N) is 4. The number of oxime groups is 1. The van der Waals surface area contributed by atoms with Crippen molar-refractivity contribution in [3.05, 3.63) is 46.2 Å². The number of aryl methyl sites for hydroxylation is 1. The molecule has 1 aromatic carbocycles.